The fraction of sp³-hybridized carbons (Fsp3) is 0.286. The van der Waals surface area contributed by atoms with E-state index in [1.54, 1.807) is 14.0 Å². The van der Waals surface area contributed by atoms with Crippen molar-refractivity contribution in [2.45, 2.75) is 46.6 Å². The zero-order valence-electron chi connectivity index (χ0n) is 21.3. The lowest BCUT2D eigenvalue weighted by atomic mass is 9.95. The predicted molar refractivity (Wildman–Crippen MR) is 141 cm³/mol. The van der Waals surface area contributed by atoms with E-state index in [0.29, 0.717) is 11.5 Å². The van der Waals surface area contributed by atoms with Gasteiger partial charge in [0.15, 0.2) is 5.02 Å². The summed E-state index contributed by atoms with van der Waals surface area (Å²) in [4.78, 5) is 27.1. The van der Waals surface area contributed by atoms with E-state index in [-0.39, 0.29) is 22.9 Å². The Kier molecular flexibility index (Phi) is 7.13. The summed E-state index contributed by atoms with van der Waals surface area (Å²) in [6.07, 6.45) is 1.83. The summed E-state index contributed by atoms with van der Waals surface area (Å²) < 4.78 is 12.5. The van der Waals surface area contributed by atoms with E-state index in [1.165, 1.54) is 4.57 Å². The maximum absolute atomic E-state index is 13.3. The minimum atomic E-state index is -0.406. The van der Waals surface area contributed by atoms with Gasteiger partial charge in [-0.3, -0.25) is 9.36 Å². The van der Waals surface area contributed by atoms with E-state index in [9.17, 15) is 4.79 Å². The van der Waals surface area contributed by atoms with Crippen molar-refractivity contribution in [3.8, 4) is 28.6 Å². The summed E-state index contributed by atoms with van der Waals surface area (Å²) in [6, 6.07) is 15.1. The second-order valence-electron chi connectivity index (χ2n) is 9.58. The van der Waals surface area contributed by atoms with Crippen molar-refractivity contribution in [2.75, 3.05) is 7.11 Å². The summed E-state index contributed by atoms with van der Waals surface area (Å²) in [5, 5.41) is -0.0814. The predicted octanol–water partition coefficient (Wildman–Crippen LogP) is 5.84. The van der Waals surface area contributed by atoms with Crippen LogP contribution in [0.3, 0.4) is 0 Å². The summed E-state index contributed by atoms with van der Waals surface area (Å²) in [6.45, 7) is 10.1. The van der Waals surface area contributed by atoms with Crippen LogP contribution < -0.4 is 15.0 Å². The molecule has 0 fully saturated rings. The first-order valence-corrected chi connectivity index (χ1v) is 12.0. The highest BCUT2D eigenvalue weighted by atomic mass is 35.5. The van der Waals surface area contributed by atoms with Crippen molar-refractivity contribution >= 4 is 11.6 Å². The van der Waals surface area contributed by atoms with Crippen molar-refractivity contribution in [3.63, 3.8) is 0 Å². The normalized spacial score (nSPS) is 11.4. The zero-order chi connectivity index (χ0) is 26.0. The smallest absolute Gasteiger partial charge is 0.280 e. The molecule has 0 spiro atoms. The molecule has 0 unspecified atom stereocenters. The molecule has 7 nitrogen and oxygen atoms in total. The van der Waals surface area contributed by atoms with Gasteiger partial charge in [0.05, 0.1) is 18.5 Å². The average Bonchev–Trinajstić information content (AvgIpc) is 2.85. The van der Waals surface area contributed by atoms with Crippen LogP contribution in [0.2, 0.25) is 5.02 Å². The molecule has 0 aliphatic heterocycles. The Bertz CT molecular complexity index is 1470. The molecular weight excluding hydrogens is 476 g/mol. The first-order chi connectivity index (χ1) is 17.1. The quantitative estimate of drug-likeness (QED) is 0.328. The van der Waals surface area contributed by atoms with Crippen LogP contribution in [0.5, 0.6) is 11.6 Å². The molecule has 4 aromatic rings. The lowest BCUT2D eigenvalue weighted by Gasteiger charge is -2.18. The molecule has 0 bridgehead atoms. The number of benzene rings is 2. The third-order valence-electron chi connectivity index (χ3n) is 5.70. The number of methoxy groups -OCH3 is 1. The molecule has 186 valence electrons. The van der Waals surface area contributed by atoms with Crippen LogP contribution in [0.15, 0.2) is 59.5 Å². The molecule has 36 heavy (non-hydrogen) atoms. The van der Waals surface area contributed by atoms with Gasteiger partial charge in [-0.25, -0.2) is 9.97 Å². The van der Waals surface area contributed by atoms with Crippen LogP contribution in [0.4, 0.5) is 0 Å². The van der Waals surface area contributed by atoms with E-state index >= 15 is 0 Å². The number of aryl methyl sites for hydroxylation is 2. The van der Waals surface area contributed by atoms with Gasteiger partial charge in [-0.2, -0.15) is 4.98 Å². The first-order valence-electron chi connectivity index (χ1n) is 11.6. The van der Waals surface area contributed by atoms with Gasteiger partial charge in [0.25, 0.3) is 5.56 Å². The number of halogens is 1. The lowest BCUT2D eigenvalue weighted by molar-refractivity contribution is 0.291. The van der Waals surface area contributed by atoms with Gasteiger partial charge < -0.3 is 9.47 Å². The zero-order valence-corrected chi connectivity index (χ0v) is 22.1. The van der Waals surface area contributed by atoms with Crippen molar-refractivity contribution < 1.29 is 9.47 Å². The molecule has 0 N–H and O–H groups in total. The Morgan fingerprint density at radius 1 is 1.03 bits per heavy atom. The minimum absolute atomic E-state index is 0.0814. The third kappa shape index (κ3) is 5.26. The number of nitrogens with zero attached hydrogens (tertiary/aromatic N) is 4. The Morgan fingerprint density at radius 2 is 1.78 bits per heavy atom. The standard InChI is InChI=1S/C28H29ClN4O3/c1-17-15-30-27(28(3,4)5)32-24(17)20-10-8-11-21(14-20)33-18(2)31-25(23(29)26(33)34)36-16-19-9-7-12-22(13-19)35-6/h7-15H,16H2,1-6H3. The van der Waals surface area contributed by atoms with E-state index in [4.69, 9.17) is 26.1 Å². The second-order valence-corrected chi connectivity index (χ2v) is 9.96. The van der Waals surface area contributed by atoms with E-state index < -0.39 is 5.56 Å². The summed E-state index contributed by atoms with van der Waals surface area (Å²) >= 11 is 6.43. The molecule has 2 heterocycles. The Morgan fingerprint density at radius 3 is 2.50 bits per heavy atom. The van der Waals surface area contributed by atoms with E-state index in [0.717, 1.165) is 34.0 Å². The fourth-order valence-electron chi connectivity index (χ4n) is 3.78. The number of rotatable bonds is 6. The van der Waals surface area contributed by atoms with Crippen LogP contribution in [-0.2, 0) is 12.0 Å². The molecule has 8 heteroatoms. The highest BCUT2D eigenvalue weighted by Gasteiger charge is 2.20. The summed E-state index contributed by atoms with van der Waals surface area (Å²) in [5.41, 5.74) is 3.55. The second kappa shape index (κ2) is 10.1. The number of ether oxygens (including phenoxy) is 2. The Labute approximate surface area is 215 Å². The molecule has 2 aromatic heterocycles. The molecule has 0 aliphatic rings. The lowest BCUT2D eigenvalue weighted by Crippen LogP contribution is -2.23. The maximum Gasteiger partial charge on any atom is 0.280 e. The molecule has 0 atom stereocenters. The molecule has 0 saturated heterocycles. The van der Waals surface area contributed by atoms with Crippen molar-refractivity contribution in [3.05, 3.63) is 92.9 Å². The van der Waals surface area contributed by atoms with Gasteiger partial charge in [-0.1, -0.05) is 56.6 Å². The van der Waals surface area contributed by atoms with Crippen LogP contribution in [0.1, 0.15) is 43.5 Å². The monoisotopic (exact) mass is 504 g/mol. The van der Waals surface area contributed by atoms with E-state index in [1.807, 2.05) is 61.7 Å². The molecule has 0 amide bonds. The topological polar surface area (TPSA) is 79.1 Å². The van der Waals surface area contributed by atoms with Crippen molar-refractivity contribution in [1.29, 1.82) is 0 Å². The SMILES string of the molecule is COc1cccc(COc2nc(C)n(-c3cccc(-c4nc(C(C)(C)C)ncc4C)c3)c(=O)c2Cl)c1. The fourth-order valence-corrected chi connectivity index (χ4v) is 3.97. The van der Waals surface area contributed by atoms with Gasteiger partial charge >= 0.3 is 0 Å². The van der Waals surface area contributed by atoms with Crippen LogP contribution in [-0.4, -0.2) is 26.6 Å². The average molecular weight is 505 g/mol. The van der Waals surface area contributed by atoms with Crippen LogP contribution in [0, 0.1) is 13.8 Å². The Balaban J connectivity index is 1.69. The third-order valence-corrected chi connectivity index (χ3v) is 6.02. The molecule has 0 radical (unpaired) electrons. The van der Waals surface area contributed by atoms with E-state index in [2.05, 4.69) is 30.7 Å². The van der Waals surface area contributed by atoms with Gasteiger partial charge in [-0.05, 0) is 49.2 Å². The molecule has 0 aliphatic carbocycles. The van der Waals surface area contributed by atoms with Gasteiger partial charge in [0.1, 0.15) is 24.0 Å². The number of aromatic nitrogens is 4. The summed E-state index contributed by atoms with van der Waals surface area (Å²) in [7, 11) is 1.60. The molecule has 4 rings (SSSR count). The highest BCUT2D eigenvalue weighted by molar-refractivity contribution is 6.31. The Hall–Kier alpha value is -3.71. The molecule has 0 saturated carbocycles. The van der Waals surface area contributed by atoms with Crippen molar-refractivity contribution in [2.24, 2.45) is 0 Å². The molecular formula is C28H29ClN4O3. The summed E-state index contributed by atoms with van der Waals surface area (Å²) in [5.74, 6) is 2.02. The highest BCUT2D eigenvalue weighted by Crippen LogP contribution is 2.28. The van der Waals surface area contributed by atoms with Gasteiger partial charge in [-0.15, -0.1) is 0 Å². The van der Waals surface area contributed by atoms with Gasteiger partial charge in [0.2, 0.25) is 5.88 Å². The van der Waals surface area contributed by atoms with Crippen molar-refractivity contribution in [1.82, 2.24) is 19.5 Å². The largest absolute Gasteiger partial charge is 0.497 e. The minimum Gasteiger partial charge on any atom is -0.497 e. The molecule has 2 aromatic carbocycles. The van der Waals surface area contributed by atoms with Gasteiger partial charge in [0, 0.05) is 17.2 Å². The van der Waals surface area contributed by atoms with Crippen LogP contribution >= 0.6 is 11.6 Å². The first kappa shape index (κ1) is 25.4. The maximum atomic E-state index is 13.3. The number of hydrogen-bond acceptors (Lipinski definition) is 6. The van der Waals surface area contributed by atoms with Crippen LogP contribution in [0.25, 0.3) is 16.9 Å². The number of hydrogen-bond donors (Lipinski definition) is 0.